The molecule has 0 spiro atoms. The number of hydrogen-bond acceptors (Lipinski definition) is 3. The van der Waals surface area contributed by atoms with Gasteiger partial charge in [0.2, 0.25) is 0 Å². The molecule has 0 fully saturated rings. The van der Waals surface area contributed by atoms with E-state index < -0.39 is 0 Å². The molecule has 1 unspecified atom stereocenters. The lowest BCUT2D eigenvalue weighted by atomic mass is 10.1. The van der Waals surface area contributed by atoms with Gasteiger partial charge in [0.05, 0.1) is 7.11 Å². The van der Waals surface area contributed by atoms with Crippen molar-refractivity contribution < 1.29 is 4.74 Å². The van der Waals surface area contributed by atoms with E-state index in [2.05, 4.69) is 18.0 Å². The summed E-state index contributed by atoms with van der Waals surface area (Å²) in [4.78, 5) is 2.25. The van der Waals surface area contributed by atoms with Crippen LogP contribution in [0.3, 0.4) is 0 Å². The van der Waals surface area contributed by atoms with Gasteiger partial charge in [-0.25, -0.2) is 0 Å². The maximum Gasteiger partial charge on any atom is 0.122 e. The first-order chi connectivity index (χ1) is 7.63. The summed E-state index contributed by atoms with van der Waals surface area (Å²) in [6, 6.07) is 8.37. The Hall–Kier alpha value is -1.06. The van der Waals surface area contributed by atoms with E-state index in [-0.39, 0.29) is 6.04 Å². The lowest BCUT2D eigenvalue weighted by molar-refractivity contribution is 0.318. The Morgan fingerprint density at radius 1 is 1.38 bits per heavy atom. The predicted molar refractivity (Wildman–Crippen MR) is 67.8 cm³/mol. The van der Waals surface area contributed by atoms with Gasteiger partial charge in [0.1, 0.15) is 5.75 Å². The van der Waals surface area contributed by atoms with Crippen molar-refractivity contribution in [3.05, 3.63) is 29.8 Å². The molecular formula is C13H22N2O. The lowest BCUT2D eigenvalue weighted by Crippen LogP contribution is -2.34. The van der Waals surface area contributed by atoms with Crippen molar-refractivity contribution in [1.29, 1.82) is 0 Å². The Morgan fingerprint density at radius 2 is 2.06 bits per heavy atom. The number of rotatable bonds is 6. The monoisotopic (exact) mass is 222 g/mol. The third-order valence-electron chi connectivity index (χ3n) is 2.56. The van der Waals surface area contributed by atoms with Gasteiger partial charge in [-0.1, -0.05) is 18.2 Å². The van der Waals surface area contributed by atoms with E-state index in [1.165, 1.54) is 5.56 Å². The summed E-state index contributed by atoms with van der Waals surface area (Å²) in [5.41, 5.74) is 7.00. The van der Waals surface area contributed by atoms with Crippen LogP contribution in [0.5, 0.6) is 5.75 Å². The first kappa shape index (κ1) is 13.0. The smallest absolute Gasteiger partial charge is 0.122 e. The molecule has 2 N–H and O–H groups in total. The molecule has 1 atom stereocenters. The van der Waals surface area contributed by atoms with Crippen LogP contribution in [0.4, 0.5) is 0 Å². The number of benzene rings is 1. The summed E-state index contributed by atoms with van der Waals surface area (Å²) in [6.45, 7) is 3.96. The second-order valence-electron chi connectivity index (χ2n) is 4.30. The quantitative estimate of drug-likeness (QED) is 0.793. The van der Waals surface area contributed by atoms with Gasteiger partial charge in [0.15, 0.2) is 0 Å². The van der Waals surface area contributed by atoms with E-state index in [1.807, 2.05) is 25.1 Å². The summed E-state index contributed by atoms with van der Waals surface area (Å²) >= 11 is 0. The van der Waals surface area contributed by atoms with Crippen LogP contribution < -0.4 is 10.5 Å². The van der Waals surface area contributed by atoms with Gasteiger partial charge < -0.3 is 15.4 Å². The SMILES string of the molecule is COc1ccccc1CCN(C)CC(C)N. The van der Waals surface area contributed by atoms with Gasteiger partial charge in [0, 0.05) is 19.1 Å². The van der Waals surface area contributed by atoms with E-state index in [0.717, 1.165) is 25.3 Å². The molecule has 0 aromatic heterocycles. The number of hydrogen-bond donors (Lipinski definition) is 1. The molecule has 0 bridgehead atoms. The van der Waals surface area contributed by atoms with Crippen LogP contribution >= 0.6 is 0 Å². The molecule has 1 aromatic carbocycles. The summed E-state index contributed by atoms with van der Waals surface area (Å²) in [6.07, 6.45) is 0.993. The fraction of sp³-hybridized carbons (Fsp3) is 0.538. The molecule has 0 radical (unpaired) electrons. The average molecular weight is 222 g/mol. The third-order valence-corrected chi connectivity index (χ3v) is 2.56. The number of nitrogens with two attached hydrogens (primary N) is 1. The maximum absolute atomic E-state index is 5.75. The zero-order valence-electron chi connectivity index (χ0n) is 10.4. The first-order valence-electron chi connectivity index (χ1n) is 5.69. The Morgan fingerprint density at radius 3 is 2.69 bits per heavy atom. The van der Waals surface area contributed by atoms with Crippen molar-refractivity contribution in [1.82, 2.24) is 4.90 Å². The second kappa shape index (κ2) is 6.51. The van der Waals surface area contributed by atoms with Crippen LogP contribution in [-0.4, -0.2) is 38.2 Å². The molecule has 0 aliphatic rings. The molecule has 3 heteroatoms. The topological polar surface area (TPSA) is 38.5 Å². The zero-order valence-corrected chi connectivity index (χ0v) is 10.4. The fourth-order valence-electron chi connectivity index (χ4n) is 1.80. The Labute approximate surface area is 98.2 Å². The molecule has 0 heterocycles. The molecule has 0 saturated carbocycles. The highest BCUT2D eigenvalue weighted by atomic mass is 16.5. The minimum absolute atomic E-state index is 0.225. The Kier molecular flexibility index (Phi) is 5.29. The summed E-state index contributed by atoms with van der Waals surface area (Å²) < 4.78 is 5.32. The van der Waals surface area contributed by atoms with E-state index in [4.69, 9.17) is 10.5 Å². The van der Waals surface area contributed by atoms with Crippen LogP contribution in [0.15, 0.2) is 24.3 Å². The number of methoxy groups -OCH3 is 1. The normalized spacial score (nSPS) is 12.8. The molecule has 0 aliphatic carbocycles. The first-order valence-corrected chi connectivity index (χ1v) is 5.69. The maximum atomic E-state index is 5.75. The van der Waals surface area contributed by atoms with Crippen LogP contribution in [0.25, 0.3) is 0 Å². The standard InChI is InChI=1S/C13H22N2O/c1-11(14)10-15(2)9-8-12-6-4-5-7-13(12)16-3/h4-7,11H,8-10,14H2,1-3H3. The van der Waals surface area contributed by atoms with E-state index in [0.29, 0.717) is 0 Å². The lowest BCUT2D eigenvalue weighted by Gasteiger charge is -2.19. The number of ether oxygens (including phenoxy) is 1. The van der Waals surface area contributed by atoms with Crippen LogP contribution in [-0.2, 0) is 6.42 Å². The highest BCUT2D eigenvalue weighted by molar-refractivity contribution is 5.33. The van der Waals surface area contributed by atoms with Crippen molar-refractivity contribution >= 4 is 0 Å². The van der Waals surface area contributed by atoms with Crippen molar-refractivity contribution in [2.75, 3.05) is 27.2 Å². The molecule has 16 heavy (non-hydrogen) atoms. The molecule has 1 aromatic rings. The van der Waals surface area contributed by atoms with Gasteiger partial charge in [-0.3, -0.25) is 0 Å². The minimum atomic E-state index is 0.225. The Balaban J connectivity index is 2.47. The van der Waals surface area contributed by atoms with Crippen molar-refractivity contribution in [3.8, 4) is 5.75 Å². The molecule has 0 amide bonds. The number of para-hydroxylation sites is 1. The van der Waals surface area contributed by atoms with Gasteiger partial charge in [-0.2, -0.15) is 0 Å². The van der Waals surface area contributed by atoms with E-state index in [9.17, 15) is 0 Å². The summed E-state index contributed by atoms with van der Waals surface area (Å²) in [7, 11) is 3.81. The van der Waals surface area contributed by atoms with Crippen molar-refractivity contribution in [2.24, 2.45) is 5.73 Å². The van der Waals surface area contributed by atoms with Crippen molar-refractivity contribution in [2.45, 2.75) is 19.4 Å². The van der Waals surface area contributed by atoms with Gasteiger partial charge in [-0.05, 0) is 32.0 Å². The van der Waals surface area contributed by atoms with E-state index in [1.54, 1.807) is 7.11 Å². The molecular weight excluding hydrogens is 200 g/mol. The minimum Gasteiger partial charge on any atom is -0.496 e. The van der Waals surface area contributed by atoms with E-state index >= 15 is 0 Å². The molecule has 1 rings (SSSR count). The van der Waals surface area contributed by atoms with Crippen LogP contribution in [0, 0.1) is 0 Å². The van der Waals surface area contributed by atoms with Gasteiger partial charge in [0.25, 0.3) is 0 Å². The zero-order chi connectivity index (χ0) is 12.0. The summed E-state index contributed by atoms with van der Waals surface area (Å²) in [5, 5.41) is 0. The van der Waals surface area contributed by atoms with Crippen molar-refractivity contribution in [3.63, 3.8) is 0 Å². The van der Waals surface area contributed by atoms with Gasteiger partial charge in [-0.15, -0.1) is 0 Å². The predicted octanol–water partition coefficient (Wildman–Crippen LogP) is 1.52. The number of nitrogens with zero attached hydrogens (tertiary/aromatic N) is 1. The number of likely N-dealkylation sites (N-methyl/N-ethyl adjacent to an activating group) is 1. The molecule has 0 saturated heterocycles. The van der Waals surface area contributed by atoms with Crippen LogP contribution in [0.1, 0.15) is 12.5 Å². The van der Waals surface area contributed by atoms with Crippen LogP contribution in [0.2, 0.25) is 0 Å². The highest BCUT2D eigenvalue weighted by Gasteiger charge is 2.05. The average Bonchev–Trinajstić information content (AvgIpc) is 2.26. The fourth-order valence-corrected chi connectivity index (χ4v) is 1.80. The molecule has 0 aliphatic heterocycles. The Bertz CT molecular complexity index is 313. The van der Waals surface area contributed by atoms with Gasteiger partial charge >= 0.3 is 0 Å². The second-order valence-corrected chi connectivity index (χ2v) is 4.30. The molecule has 90 valence electrons. The third kappa shape index (κ3) is 4.21. The largest absolute Gasteiger partial charge is 0.496 e. The highest BCUT2D eigenvalue weighted by Crippen LogP contribution is 2.17. The molecule has 3 nitrogen and oxygen atoms in total. The summed E-state index contributed by atoms with van der Waals surface area (Å²) in [5.74, 6) is 0.969.